The molecule has 2 aliphatic heterocycles. The summed E-state index contributed by atoms with van der Waals surface area (Å²) in [6.45, 7) is 3.21. The highest BCUT2D eigenvalue weighted by Crippen LogP contribution is 2.48. The van der Waals surface area contributed by atoms with Crippen LogP contribution in [0.5, 0.6) is 5.75 Å². The van der Waals surface area contributed by atoms with E-state index in [1.807, 2.05) is 38.1 Å². The van der Waals surface area contributed by atoms with Gasteiger partial charge in [0.05, 0.1) is 11.0 Å². The quantitative estimate of drug-likeness (QED) is 0.784. The van der Waals surface area contributed by atoms with Gasteiger partial charge in [-0.1, -0.05) is 30.3 Å². The average molecular weight is 432 g/mol. The molecular formula is C23H23F3N2O3. The predicted octanol–water partition coefficient (Wildman–Crippen LogP) is 4.37. The van der Waals surface area contributed by atoms with Crippen molar-refractivity contribution in [3.8, 4) is 5.75 Å². The molecule has 4 rings (SSSR count). The van der Waals surface area contributed by atoms with E-state index in [1.165, 1.54) is 18.2 Å². The molecule has 2 aromatic rings. The molecule has 1 spiro atoms. The molecule has 0 aromatic heterocycles. The summed E-state index contributed by atoms with van der Waals surface area (Å²) in [4.78, 5) is 27.4. The van der Waals surface area contributed by atoms with E-state index in [2.05, 4.69) is 5.32 Å². The van der Waals surface area contributed by atoms with Gasteiger partial charge in [-0.15, -0.1) is 0 Å². The van der Waals surface area contributed by atoms with E-state index in [0.717, 1.165) is 17.3 Å². The van der Waals surface area contributed by atoms with E-state index < -0.39 is 29.7 Å². The van der Waals surface area contributed by atoms with Crippen molar-refractivity contribution in [1.82, 2.24) is 4.90 Å². The molecule has 2 heterocycles. The van der Waals surface area contributed by atoms with Gasteiger partial charge in [0, 0.05) is 17.8 Å². The van der Waals surface area contributed by atoms with Crippen LogP contribution in [0.2, 0.25) is 0 Å². The molecule has 2 aromatic carbocycles. The molecule has 5 nitrogen and oxygen atoms in total. The second kappa shape index (κ2) is 7.59. The van der Waals surface area contributed by atoms with E-state index in [1.54, 1.807) is 4.90 Å². The lowest BCUT2D eigenvalue weighted by molar-refractivity contribution is -0.145. The number of ether oxygens (including phenoxy) is 1. The van der Waals surface area contributed by atoms with Gasteiger partial charge >= 0.3 is 6.18 Å². The fraction of sp³-hybridized carbons (Fsp3) is 0.391. The first-order valence-corrected chi connectivity index (χ1v) is 10.1. The first-order chi connectivity index (χ1) is 14.6. The fourth-order valence-corrected chi connectivity index (χ4v) is 5.03. The molecule has 164 valence electrons. The van der Waals surface area contributed by atoms with Crippen molar-refractivity contribution in [3.63, 3.8) is 0 Å². The summed E-state index contributed by atoms with van der Waals surface area (Å²) < 4.78 is 44.8. The maximum Gasteiger partial charge on any atom is 0.419 e. The van der Waals surface area contributed by atoms with E-state index in [-0.39, 0.29) is 23.7 Å². The van der Waals surface area contributed by atoms with Crippen molar-refractivity contribution in [2.75, 3.05) is 11.9 Å². The number of amides is 2. The Morgan fingerprint density at radius 3 is 2.39 bits per heavy atom. The van der Waals surface area contributed by atoms with Crippen LogP contribution in [-0.2, 0) is 21.2 Å². The summed E-state index contributed by atoms with van der Waals surface area (Å²) >= 11 is 0. The van der Waals surface area contributed by atoms with Crippen LogP contribution in [0.15, 0.2) is 48.5 Å². The monoisotopic (exact) mass is 432 g/mol. The van der Waals surface area contributed by atoms with E-state index in [9.17, 15) is 22.8 Å². The van der Waals surface area contributed by atoms with Crippen LogP contribution in [0.3, 0.4) is 0 Å². The fourth-order valence-electron chi connectivity index (χ4n) is 5.03. The van der Waals surface area contributed by atoms with E-state index in [0.29, 0.717) is 12.8 Å². The number of hydrogen-bond acceptors (Lipinski definition) is 3. The summed E-state index contributed by atoms with van der Waals surface area (Å²) in [6.07, 6.45) is -3.70. The Morgan fingerprint density at radius 1 is 1.10 bits per heavy atom. The van der Waals surface area contributed by atoms with Gasteiger partial charge in [-0.25, -0.2) is 0 Å². The molecule has 1 N–H and O–H groups in total. The van der Waals surface area contributed by atoms with Crippen molar-refractivity contribution in [2.24, 2.45) is 0 Å². The second-order valence-corrected chi connectivity index (χ2v) is 8.27. The smallest absolute Gasteiger partial charge is 0.419 e. The minimum atomic E-state index is -4.57. The number of para-hydroxylation sites is 2. The second-order valence-electron chi connectivity index (χ2n) is 8.27. The normalized spacial score (nSPS) is 25.3. The van der Waals surface area contributed by atoms with Gasteiger partial charge in [0.25, 0.3) is 5.91 Å². The molecule has 0 aliphatic carbocycles. The Hall–Kier alpha value is -3.03. The topological polar surface area (TPSA) is 58.6 Å². The average Bonchev–Trinajstić information content (AvgIpc) is 2.96. The van der Waals surface area contributed by atoms with Crippen LogP contribution in [0.1, 0.15) is 37.8 Å². The number of carbonyl (C=O) groups excluding carboxylic acids is 2. The lowest BCUT2D eigenvalue weighted by Gasteiger charge is -2.46. The lowest BCUT2D eigenvalue weighted by Crippen LogP contribution is -2.57. The first-order valence-electron chi connectivity index (χ1n) is 10.1. The maximum atomic E-state index is 13.2. The van der Waals surface area contributed by atoms with Crippen LogP contribution in [0, 0.1) is 0 Å². The van der Waals surface area contributed by atoms with E-state index >= 15 is 0 Å². The van der Waals surface area contributed by atoms with Gasteiger partial charge < -0.3 is 15.0 Å². The molecule has 8 heteroatoms. The Kier molecular flexibility index (Phi) is 5.19. The molecule has 0 saturated carbocycles. The first kappa shape index (κ1) is 21.2. The zero-order valence-electron chi connectivity index (χ0n) is 17.2. The molecule has 31 heavy (non-hydrogen) atoms. The highest BCUT2D eigenvalue weighted by molar-refractivity contribution is 6.06. The van der Waals surface area contributed by atoms with Gasteiger partial charge in [0.15, 0.2) is 6.61 Å². The number of carbonyl (C=O) groups is 2. The SMILES string of the molecule is C[C@@H]1CC2(C[C@@H](C)N1C(=O)COc1ccccc1C(F)(F)F)C(=O)Nc1ccccc12. The summed E-state index contributed by atoms with van der Waals surface area (Å²) in [7, 11) is 0. The van der Waals surface area contributed by atoms with Crippen LogP contribution >= 0.6 is 0 Å². The number of alkyl halides is 3. The summed E-state index contributed by atoms with van der Waals surface area (Å²) in [5.41, 5.74) is 0.0938. The number of halogens is 3. The molecule has 1 saturated heterocycles. The third kappa shape index (κ3) is 3.64. The number of anilines is 1. The minimum Gasteiger partial charge on any atom is -0.483 e. The van der Waals surface area contributed by atoms with Gasteiger partial charge in [0.2, 0.25) is 5.91 Å². The molecule has 0 bridgehead atoms. The summed E-state index contributed by atoms with van der Waals surface area (Å²) in [5, 5.41) is 2.94. The van der Waals surface area contributed by atoms with Crippen molar-refractivity contribution >= 4 is 17.5 Å². The molecule has 2 aliphatic rings. The molecular weight excluding hydrogens is 409 g/mol. The van der Waals surface area contributed by atoms with Crippen LogP contribution < -0.4 is 10.1 Å². The Bertz CT molecular complexity index is 1010. The predicted molar refractivity (Wildman–Crippen MR) is 109 cm³/mol. The molecule has 2 atom stereocenters. The number of hydrogen-bond donors (Lipinski definition) is 1. The Morgan fingerprint density at radius 2 is 1.71 bits per heavy atom. The number of nitrogens with one attached hydrogen (secondary N) is 1. The highest BCUT2D eigenvalue weighted by Gasteiger charge is 2.53. The molecule has 1 fully saturated rings. The number of rotatable bonds is 3. The zero-order chi connectivity index (χ0) is 22.4. The molecule has 2 amide bonds. The standard InChI is InChI=1S/C23H23F3N2O3/c1-14-11-22(16-7-3-5-9-18(16)27-21(22)30)12-15(2)28(14)20(29)13-31-19-10-6-4-8-17(19)23(24,25)26/h3-10,14-15H,11-13H2,1-2H3,(H,27,30)/t14-,15-/m1/s1. The number of piperidine rings is 1. The molecule has 0 radical (unpaired) electrons. The number of likely N-dealkylation sites (tertiary alicyclic amines) is 1. The number of fused-ring (bicyclic) bond motifs is 2. The Labute approximate surface area is 178 Å². The minimum absolute atomic E-state index is 0.0742. The largest absolute Gasteiger partial charge is 0.483 e. The van der Waals surface area contributed by atoms with Crippen LogP contribution in [0.25, 0.3) is 0 Å². The lowest BCUT2D eigenvalue weighted by atomic mass is 9.69. The van der Waals surface area contributed by atoms with Gasteiger partial charge in [-0.2, -0.15) is 13.2 Å². The summed E-state index contributed by atoms with van der Waals surface area (Å²) in [6, 6.07) is 11.8. The van der Waals surface area contributed by atoms with E-state index in [4.69, 9.17) is 4.74 Å². The third-order valence-electron chi connectivity index (χ3n) is 6.19. The van der Waals surface area contributed by atoms with Crippen molar-refractivity contribution < 1.29 is 27.5 Å². The molecule has 0 unspecified atom stereocenters. The van der Waals surface area contributed by atoms with Crippen molar-refractivity contribution in [3.05, 3.63) is 59.7 Å². The van der Waals surface area contributed by atoms with Crippen LogP contribution in [-0.4, -0.2) is 35.4 Å². The summed E-state index contributed by atoms with van der Waals surface area (Å²) in [5.74, 6) is -0.852. The zero-order valence-corrected chi connectivity index (χ0v) is 17.2. The van der Waals surface area contributed by atoms with Crippen molar-refractivity contribution in [1.29, 1.82) is 0 Å². The third-order valence-corrected chi connectivity index (χ3v) is 6.19. The van der Waals surface area contributed by atoms with Gasteiger partial charge in [0.1, 0.15) is 5.75 Å². The Balaban J connectivity index is 1.50. The number of nitrogens with zero attached hydrogens (tertiary/aromatic N) is 1. The highest BCUT2D eigenvalue weighted by atomic mass is 19.4. The number of benzene rings is 2. The maximum absolute atomic E-state index is 13.2. The van der Waals surface area contributed by atoms with Crippen LogP contribution in [0.4, 0.5) is 18.9 Å². The van der Waals surface area contributed by atoms with Crippen molar-refractivity contribution in [2.45, 2.75) is 50.4 Å². The van der Waals surface area contributed by atoms with Gasteiger partial charge in [-0.05, 0) is 50.5 Å². The van der Waals surface area contributed by atoms with Gasteiger partial charge in [-0.3, -0.25) is 9.59 Å².